The molecule has 1 N–H and O–H groups in total. The standard InChI is InChI=1S/C11H16N2O3/c1-13-8(6-11(7-14)3-4-11)5-9(12-13)10(15)16-2/h5,14H,3-4,6-7H2,1-2H3. The number of ether oxygens (including phenoxy) is 1. The topological polar surface area (TPSA) is 64.3 Å². The molecule has 0 aromatic carbocycles. The van der Waals surface area contributed by atoms with E-state index in [1.165, 1.54) is 7.11 Å². The SMILES string of the molecule is COC(=O)c1cc(CC2(CO)CC2)n(C)n1. The van der Waals surface area contributed by atoms with Crippen LogP contribution in [0.25, 0.3) is 0 Å². The first-order chi connectivity index (χ1) is 7.60. The van der Waals surface area contributed by atoms with Gasteiger partial charge in [-0.1, -0.05) is 0 Å². The molecule has 0 radical (unpaired) electrons. The number of hydrogen-bond donors (Lipinski definition) is 1. The molecule has 0 bridgehead atoms. The average Bonchev–Trinajstić information content (AvgIpc) is 2.97. The van der Waals surface area contributed by atoms with Crippen molar-refractivity contribution in [3.05, 3.63) is 17.5 Å². The number of hydrogen-bond acceptors (Lipinski definition) is 4. The van der Waals surface area contributed by atoms with Crippen molar-refractivity contribution in [1.82, 2.24) is 9.78 Å². The Morgan fingerprint density at radius 3 is 2.88 bits per heavy atom. The highest BCUT2D eigenvalue weighted by molar-refractivity contribution is 5.87. The molecule has 0 aliphatic heterocycles. The first kappa shape index (κ1) is 11.1. The molecular weight excluding hydrogens is 208 g/mol. The molecule has 1 aliphatic rings. The van der Waals surface area contributed by atoms with Crippen LogP contribution in [0.1, 0.15) is 29.0 Å². The van der Waals surface area contributed by atoms with Gasteiger partial charge >= 0.3 is 5.97 Å². The van der Waals surface area contributed by atoms with Crippen LogP contribution in [0, 0.1) is 5.41 Å². The maximum absolute atomic E-state index is 11.3. The molecule has 5 heteroatoms. The van der Waals surface area contributed by atoms with Gasteiger partial charge in [0.05, 0.1) is 7.11 Å². The molecule has 0 unspecified atom stereocenters. The second-order valence-corrected chi connectivity index (χ2v) is 4.47. The molecule has 1 saturated carbocycles. The van der Waals surface area contributed by atoms with Crippen LogP contribution in [-0.4, -0.2) is 34.6 Å². The van der Waals surface area contributed by atoms with Crippen molar-refractivity contribution in [1.29, 1.82) is 0 Å². The lowest BCUT2D eigenvalue weighted by atomic mass is 10.0. The Balaban J connectivity index is 2.16. The van der Waals surface area contributed by atoms with Crippen LogP contribution in [0.2, 0.25) is 0 Å². The number of nitrogens with zero attached hydrogens (tertiary/aromatic N) is 2. The first-order valence-corrected chi connectivity index (χ1v) is 5.32. The molecule has 1 aromatic heterocycles. The largest absolute Gasteiger partial charge is 0.464 e. The number of esters is 1. The number of aromatic nitrogens is 2. The van der Waals surface area contributed by atoms with Crippen molar-refractivity contribution in [2.75, 3.05) is 13.7 Å². The van der Waals surface area contributed by atoms with E-state index in [4.69, 9.17) is 0 Å². The Bertz CT molecular complexity index is 407. The highest BCUT2D eigenvalue weighted by Gasteiger charge is 2.42. The van der Waals surface area contributed by atoms with E-state index in [-0.39, 0.29) is 12.0 Å². The normalized spacial score (nSPS) is 17.2. The predicted octanol–water partition coefficient (Wildman–Crippen LogP) is 0.522. The zero-order chi connectivity index (χ0) is 11.8. The van der Waals surface area contributed by atoms with Crippen LogP contribution in [0.15, 0.2) is 6.07 Å². The van der Waals surface area contributed by atoms with E-state index in [9.17, 15) is 9.90 Å². The maximum atomic E-state index is 11.3. The smallest absolute Gasteiger partial charge is 0.358 e. The monoisotopic (exact) mass is 224 g/mol. The van der Waals surface area contributed by atoms with Crippen molar-refractivity contribution in [3.8, 4) is 0 Å². The minimum atomic E-state index is -0.421. The van der Waals surface area contributed by atoms with E-state index in [0.29, 0.717) is 5.69 Å². The fraction of sp³-hybridized carbons (Fsp3) is 0.636. The summed E-state index contributed by atoms with van der Waals surface area (Å²) in [6.45, 7) is 0.200. The summed E-state index contributed by atoms with van der Waals surface area (Å²) in [5.74, 6) is -0.421. The van der Waals surface area contributed by atoms with Crippen LogP contribution in [-0.2, 0) is 18.2 Å². The lowest BCUT2D eigenvalue weighted by Gasteiger charge is -2.10. The van der Waals surface area contributed by atoms with Crippen molar-refractivity contribution >= 4 is 5.97 Å². The molecule has 2 rings (SSSR count). The van der Waals surface area contributed by atoms with Crippen LogP contribution < -0.4 is 0 Å². The summed E-state index contributed by atoms with van der Waals surface area (Å²) in [7, 11) is 3.14. The molecule has 1 aliphatic carbocycles. The molecule has 1 fully saturated rings. The zero-order valence-corrected chi connectivity index (χ0v) is 9.56. The summed E-state index contributed by atoms with van der Waals surface area (Å²) in [6.07, 6.45) is 2.86. The molecule has 0 saturated heterocycles. The summed E-state index contributed by atoms with van der Waals surface area (Å²) < 4.78 is 6.30. The Morgan fingerprint density at radius 1 is 1.69 bits per heavy atom. The second-order valence-electron chi connectivity index (χ2n) is 4.47. The number of carbonyl (C=O) groups excluding carboxylic acids is 1. The molecule has 1 aromatic rings. The quantitative estimate of drug-likeness (QED) is 0.757. The number of methoxy groups -OCH3 is 1. The summed E-state index contributed by atoms with van der Waals surface area (Å²) >= 11 is 0. The Kier molecular flexibility index (Phi) is 2.71. The van der Waals surface area contributed by atoms with Gasteiger partial charge in [0, 0.05) is 19.3 Å². The second kappa shape index (κ2) is 3.90. The fourth-order valence-electron chi connectivity index (χ4n) is 1.83. The van der Waals surface area contributed by atoms with Gasteiger partial charge in [0.15, 0.2) is 5.69 Å². The number of aryl methyl sites for hydroxylation is 1. The molecule has 0 spiro atoms. The number of carbonyl (C=O) groups is 1. The molecular formula is C11H16N2O3. The third-order valence-corrected chi connectivity index (χ3v) is 3.22. The molecule has 16 heavy (non-hydrogen) atoms. The van der Waals surface area contributed by atoms with Gasteiger partial charge in [0.25, 0.3) is 0 Å². The highest BCUT2D eigenvalue weighted by Crippen LogP contribution is 2.47. The number of rotatable bonds is 4. The van der Waals surface area contributed by atoms with E-state index in [1.54, 1.807) is 17.8 Å². The molecule has 0 atom stereocenters. The average molecular weight is 224 g/mol. The summed E-state index contributed by atoms with van der Waals surface area (Å²) in [4.78, 5) is 11.3. The molecule has 5 nitrogen and oxygen atoms in total. The van der Waals surface area contributed by atoms with Crippen LogP contribution in [0.3, 0.4) is 0 Å². The maximum Gasteiger partial charge on any atom is 0.358 e. The minimum absolute atomic E-state index is 0.0290. The summed E-state index contributed by atoms with van der Waals surface area (Å²) in [5.41, 5.74) is 1.32. The van der Waals surface area contributed by atoms with E-state index >= 15 is 0 Å². The van der Waals surface area contributed by atoms with Crippen molar-refractivity contribution in [2.24, 2.45) is 12.5 Å². The highest BCUT2D eigenvalue weighted by atomic mass is 16.5. The van der Waals surface area contributed by atoms with E-state index in [2.05, 4.69) is 9.84 Å². The van der Waals surface area contributed by atoms with Gasteiger partial charge < -0.3 is 9.84 Å². The van der Waals surface area contributed by atoms with Gasteiger partial charge in [-0.25, -0.2) is 4.79 Å². The lowest BCUT2D eigenvalue weighted by Crippen LogP contribution is -2.12. The van der Waals surface area contributed by atoms with Crippen LogP contribution >= 0.6 is 0 Å². The molecule has 0 amide bonds. The first-order valence-electron chi connectivity index (χ1n) is 5.32. The van der Waals surface area contributed by atoms with Crippen molar-refractivity contribution in [3.63, 3.8) is 0 Å². The van der Waals surface area contributed by atoms with Crippen molar-refractivity contribution in [2.45, 2.75) is 19.3 Å². The Morgan fingerprint density at radius 2 is 2.38 bits per heavy atom. The minimum Gasteiger partial charge on any atom is -0.464 e. The van der Waals surface area contributed by atoms with E-state index < -0.39 is 5.97 Å². The predicted molar refractivity (Wildman–Crippen MR) is 57.0 cm³/mol. The van der Waals surface area contributed by atoms with Gasteiger partial charge in [-0.15, -0.1) is 0 Å². The third kappa shape index (κ3) is 1.95. The summed E-state index contributed by atoms with van der Waals surface area (Å²) in [6, 6.07) is 1.74. The number of aliphatic hydroxyl groups is 1. The Labute approximate surface area is 94.0 Å². The van der Waals surface area contributed by atoms with Crippen LogP contribution in [0.5, 0.6) is 0 Å². The van der Waals surface area contributed by atoms with Gasteiger partial charge in [-0.2, -0.15) is 5.10 Å². The molecule has 1 heterocycles. The zero-order valence-electron chi connectivity index (χ0n) is 9.56. The van der Waals surface area contributed by atoms with Gasteiger partial charge in [-0.3, -0.25) is 4.68 Å². The number of aliphatic hydroxyl groups excluding tert-OH is 1. The molecule has 88 valence electrons. The lowest BCUT2D eigenvalue weighted by molar-refractivity contribution is 0.0593. The van der Waals surface area contributed by atoms with Crippen molar-refractivity contribution < 1.29 is 14.6 Å². The Hall–Kier alpha value is -1.36. The van der Waals surface area contributed by atoms with E-state index in [1.807, 2.05) is 0 Å². The summed E-state index contributed by atoms with van der Waals surface area (Å²) in [5, 5.41) is 13.3. The van der Waals surface area contributed by atoms with Gasteiger partial charge in [0.2, 0.25) is 0 Å². The van der Waals surface area contributed by atoms with E-state index in [0.717, 1.165) is 25.0 Å². The third-order valence-electron chi connectivity index (χ3n) is 3.22. The van der Waals surface area contributed by atoms with Crippen LogP contribution in [0.4, 0.5) is 0 Å². The van der Waals surface area contributed by atoms with Gasteiger partial charge in [-0.05, 0) is 30.7 Å². The van der Waals surface area contributed by atoms with Gasteiger partial charge in [0.1, 0.15) is 0 Å². The fourth-order valence-corrected chi connectivity index (χ4v) is 1.83.